The molecule has 10 heteroatoms. The molecule has 0 saturated carbocycles. The standard InChI is InChI=1S/C24H29ClN8O/c1-32(2)23-29-22(26)30-24(31-23)33(3)12-6-5-11-27-21-17-9-7-15(25)13-20(17)28-19-10-8-16(34-4)14-18(19)21/h7-10,13-14H,5-6,11-12H2,1-4H3,(H,27,28)(H2,26,29,30,31). The first-order chi connectivity index (χ1) is 16.4. The third kappa shape index (κ3) is 5.14. The zero-order chi connectivity index (χ0) is 24.2. The third-order valence-corrected chi connectivity index (χ3v) is 5.77. The van der Waals surface area contributed by atoms with Gasteiger partial charge in [0.15, 0.2) is 0 Å². The number of rotatable bonds is 9. The van der Waals surface area contributed by atoms with Crippen molar-refractivity contribution in [3.63, 3.8) is 0 Å². The lowest BCUT2D eigenvalue weighted by Crippen LogP contribution is -2.24. The summed E-state index contributed by atoms with van der Waals surface area (Å²) >= 11 is 6.22. The van der Waals surface area contributed by atoms with Crippen molar-refractivity contribution < 1.29 is 4.74 Å². The van der Waals surface area contributed by atoms with Gasteiger partial charge < -0.3 is 25.6 Å². The molecule has 0 bridgehead atoms. The highest BCUT2D eigenvalue weighted by Gasteiger charge is 2.12. The lowest BCUT2D eigenvalue weighted by molar-refractivity contribution is 0.415. The lowest BCUT2D eigenvalue weighted by Gasteiger charge is -2.19. The number of aromatic nitrogens is 4. The maximum Gasteiger partial charge on any atom is 0.231 e. The number of nitrogens with zero attached hydrogens (tertiary/aromatic N) is 6. The summed E-state index contributed by atoms with van der Waals surface area (Å²) in [6, 6.07) is 11.7. The van der Waals surface area contributed by atoms with E-state index in [1.54, 1.807) is 7.11 Å². The summed E-state index contributed by atoms with van der Waals surface area (Å²) in [5.74, 6) is 2.12. The van der Waals surface area contributed by atoms with E-state index in [-0.39, 0.29) is 5.95 Å². The fourth-order valence-corrected chi connectivity index (χ4v) is 3.91. The number of fused-ring (bicyclic) bond motifs is 2. The number of nitrogens with one attached hydrogen (secondary N) is 1. The van der Waals surface area contributed by atoms with Crippen molar-refractivity contribution in [2.24, 2.45) is 0 Å². The Hall–Kier alpha value is -3.59. The average molecular weight is 481 g/mol. The second-order valence-corrected chi connectivity index (χ2v) is 8.71. The minimum Gasteiger partial charge on any atom is -0.497 e. The van der Waals surface area contributed by atoms with Crippen LogP contribution in [0.15, 0.2) is 36.4 Å². The van der Waals surface area contributed by atoms with Gasteiger partial charge in [-0.3, -0.25) is 0 Å². The zero-order valence-corrected chi connectivity index (χ0v) is 20.6. The molecule has 0 unspecified atom stereocenters. The summed E-state index contributed by atoms with van der Waals surface area (Å²) in [7, 11) is 7.38. The third-order valence-electron chi connectivity index (χ3n) is 5.54. The summed E-state index contributed by atoms with van der Waals surface area (Å²) in [5, 5.41) is 6.33. The minimum atomic E-state index is 0.217. The van der Waals surface area contributed by atoms with Gasteiger partial charge in [-0.05, 0) is 49.2 Å². The van der Waals surface area contributed by atoms with Gasteiger partial charge in [0.25, 0.3) is 0 Å². The van der Waals surface area contributed by atoms with E-state index in [0.29, 0.717) is 16.9 Å². The Morgan fingerprint density at radius 1 is 0.912 bits per heavy atom. The highest BCUT2D eigenvalue weighted by molar-refractivity contribution is 6.31. The van der Waals surface area contributed by atoms with Gasteiger partial charge in [-0.2, -0.15) is 15.0 Å². The second-order valence-electron chi connectivity index (χ2n) is 8.27. The van der Waals surface area contributed by atoms with Gasteiger partial charge in [0.1, 0.15) is 5.75 Å². The number of methoxy groups -OCH3 is 1. The first-order valence-electron chi connectivity index (χ1n) is 11.1. The normalized spacial score (nSPS) is 11.1. The van der Waals surface area contributed by atoms with Crippen LogP contribution < -0.4 is 25.6 Å². The Labute approximate surface area is 203 Å². The van der Waals surface area contributed by atoms with Gasteiger partial charge in [-0.15, -0.1) is 0 Å². The van der Waals surface area contributed by atoms with Crippen LogP contribution in [0.2, 0.25) is 5.02 Å². The molecule has 0 radical (unpaired) electrons. The van der Waals surface area contributed by atoms with Crippen molar-refractivity contribution >= 4 is 56.9 Å². The molecule has 0 saturated heterocycles. The van der Waals surface area contributed by atoms with Gasteiger partial charge in [-0.1, -0.05) is 11.6 Å². The van der Waals surface area contributed by atoms with Crippen molar-refractivity contribution in [1.82, 2.24) is 19.9 Å². The molecule has 4 rings (SSSR count). The van der Waals surface area contributed by atoms with Crippen LogP contribution in [0.1, 0.15) is 12.8 Å². The number of ether oxygens (including phenoxy) is 1. The molecule has 34 heavy (non-hydrogen) atoms. The molecule has 0 aliphatic carbocycles. The fourth-order valence-electron chi connectivity index (χ4n) is 3.74. The number of nitrogens with two attached hydrogens (primary N) is 1. The van der Waals surface area contributed by atoms with Crippen LogP contribution in [-0.2, 0) is 0 Å². The monoisotopic (exact) mass is 480 g/mol. The Balaban J connectivity index is 1.46. The summed E-state index contributed by atoms with van der Waals surface area (Å²) in [5.41, 5.74) is 8.63. The van der Waals surface area contributed by atoms with Crippen molar-refractivity contribution in [2.45, 2.75) is 12.8 Å². The summed E-state index contributed by atoms with van der Waals surface area (Å²) in [6.45, 7) is 1.59. The van der Waals surface area contributed by atoms with Gasteiger partial charge >= 0.3 is 0 Å². The molecule has 2 aromatic heterocycles. The topological polar surface area (TPSA) is 105 Å². The molecule has 2 heterocycles. The van der Waals surface area contributed by atoms with E-state index < -0.39 is 0 Å². The van der Waals surface area contributed by atoms with E-state index in [2.05, 4.69) is 20.3 Å². The summed E-state index contributed by atoms with van der Waals surface area (Å²) in [6.07, 6.45) is 1.90. The molecule has 4 aromatic rings. The molecule has 3 N–H and O–H groups in total. The number of pyridine rings is 1. The van der Waals surface area contributed by atoms with Crippen molar-refractivity contribution in [3.05, 3.63) is 41.4 Å². The van der Waals surface area contributed by atoms with E-state index in [9.17, 15) is 0 Å². The molecule has 9 nitrogen and oxygen atoms in total. The molecule has 0 aliphatic heterocycles. The molecular formula is C24H29ClN8O. The molecule has 0 aliphatic rings. The number of benzene rings is 2. The Bertz CT molecular complexity index is 1310. The van der Waals surface area contributed by atoms with Crippen molar-refractivity contribution in [2.75, 3.05) is 62.2 Å². The molecule has 0 atom stereocenters. The van der Waals surface area contributed by atoms with E-state index in [1.807, 2.05) is 67.3 Å². The van der Waals surface area contributed by atoms with E-state index in [0.717, 1.165) is 59.2 Å². The minimum absolute atomic E-state index is 0.217. The van der Waals surface area contributed by atoms with E-state index in [1.165, 1.54) is 0 Å². The largest absolute Gasteiger partial charge is 0.497 e. The number of hydrogen-bond acceptors (Lipinski definition) is 9. The predicted molar refractivity (Wildman–Crippen MR) is 140 cm³/mol. The SMILES string of the molecule is COc1ccc2nc3cc(Cl)ccc3c(NCCCCN(C)c3nc(N)nc(N(C)C)n3)c2c1. The molecule has 0 fully saturated rings. The first-order valence-corrected chi connectivity index (χ1v) is 11.4. The molecule has 178 valence electrons. The van der Waals surface area contributed by atoms with Crippen LogP contribution in [0, 0.1) is 0 Å². The number of anilines is 4. The number of unbranched alkanes of at least 4 members (excludes halogenated alkanes) is 1. The van der Waals surface area contributed by atoms with Gasteiger partial charge in [0, 0.05) is 50.0 Å². The zero-order valence-electron chi connectivity index (χ0n) is 19.8. The predicted octanol–water partition coefficient (Wildman–Crippen LogP) is 4.21. The second kappa shape index (κ2) is 10.1. The van der Waals surface area contributed by atoms with Crippen molar-refractivity contribution in [1.29, 1.82) is 0 Å². The number of nitrogen functional groups attached to an aromatic ring is 1. The molecule has 0 spiro atoms. The van der Waals surface area contributed by atoms with Gasteiger partial charge in [0.2, 0.25) is 17.8 Å². The summed E-state index contributed by atoms with van der Waals surface area (Å²) < 4.78 is 5.44. The van der Waals surface area contributed by atoms with Crippen LogP contribution in [-0.4, -0.2) is 61.3 Å². The highest BCUT2D eigenvalue weighted by Crippen LogP contribution is 2.34. The maximum absolute atomic E-state index is 6.22. The fraction of sp³-hybridized carbons (Fsp3) is 0.333. The van der Waals surface area contributed by atoms with Crippen LogP contribution in [0.3, 0.4) is 0 Å². The maximum atomic E-state index is 6.22. The first kappa shape index (κ1) is 23.6. The quantitative estimate of drug-likeness (QED) is 0.269. The smallest absolute Gasteiger partial charge is 0.231 e. The summed E-state index contributed by atoms with van der Waals surface area (Å²) in [4.78, 5) is 21.5. The van der Waals surface area contributed by atoms with Crippen LogP contribution in [0.25, 0.3) is 21.8 Å². The Kier molecular flexibility index (Phi) is 7.02. The highest BCUT2D eigenvalue weighted by atomic mass is 35.5. The molecular weight excluding hydrogens is 452 g/mol. The lowest BCUT2D eigenvalue weighted by atomic mass is 10.1. The number of hydrogen-bond donors (Lipinski definition) is 2. The van der Waals surface area contributed by atoms with Gasteiger partial charge in [0.05, 0.1) is 23.8 Å². The van der Waals surface area contributed by atoms with Gasteiger partial charge in [-0.25, -0.2) is 4.98 Å². The molecule has 0 amide bonds. The van der Waals surface area contributed by atoms with Crippen LogP contribution in [0.5, 0.6) is 5.75 Å². The Morgan fingerprint density at radius 2 is 1.71 bits per heavy atom. The average Bonchev–Trinajstić information content (AvgIpc) is 2.82. The van der Waals surface area contributed by atoms with Crippen LogP contribution in [0.4, 0.5) is 23.5 Å². The van der Waals surface area contributed by atoms with Crippen molar-refractivity contribution in [3.8, 4) is 5.75 Å². The Morgan fingerprint density at radius 3 is 2.47 bits per heavy atom. The number of halogens is 1. The van der Waals surface area contributed by atoms with Crippen LogP contribution >= 0.6 is 11.6 Å². The van der Waals surface area contributed by atoms with E-state index in [4.69, 9.17) is 27.1 Å². The molecule has 2 aromatic carbocycles. The van der Waals surface area contributed by atoms with E-state index >= 15 is 0 Å².